The molecule has 4 aliphatic rings. The van der Waals surface area contributed by atoms with E-state index in [9.17, 15) is 28.8 Å². The average molecular weight is 1020 g/mol. The molecule has 2 aliphatic heterocycles. The van der Waals surface area contributed by atoms with Gasteiger partial charge >= 0.3 is 0 Å². The molecule has 0 bridgehead atoms. The first-order valence-corrected chi connectivity index (χ1v) is 25.6. The van der Waals surface area contributed by atoms with E-state index in [4.69, 9.17) is 9.47 Å². The number of likely N-dealkylation sites (tertiary alicyclic amines) is 2. The van der Waals surface area contributed by atoms with Crippen molar-refractivity contribution in [3.63, 3.8) is 0 Å². The van der Waals surface area contributed by atoms with Crippen LogP contribution in [0.3, 0.4) is 0 Å². The Bertz CT molecular complexity index is 1900. The van der Waals surface area contributed by atoms with Gasteiger partial charge in [0.25, 0.3) is 0 Å². The van der Waals surface area contributed by atoms with Crippen molar-refractivity contribution in [1.82, 2.24) is 36.4 Å². The first kappa shape index (κ1) is 58.5. The predicted octanol–water partition coefficient (Wildman–Crippen LogP) is 5.64. The Kier molecular flexibility index (Phi) is 24.0. The van der Waals surface area contributed by atoms with Gasteiger partial charge in [0.05, 0.1) is 36.4 Å². The van der Waals surface area contributed by atoms with Gasteiger partial charge in [0.15, 0.2) is 5.78 Å². The molecule has 2 saturated heterocycles. The molecule has 2 aromatic carbocycles. The average Bonchev–Trinajstić information content (AvgIpc) is 4.06. The number of fused-ring (bicyclic) bond motifs is 2. The van der Waals surface area contributed by atoms with Crippen LogP contribution in [0.15, 0.2) is 48.5 Å². The molecule has 2 aliphatic carbocycles. The number of unbranched alkanes of at least 4 members (excludes halogenated alkanes) is 3. The number of hydrogen-bond acceptors (Lipinski definition) is 10. The summed E-state index contributed by atoms with van der Waals surface area (Å²) in [5.74, 6) is -1.20. The molecule has 2 fully saturated rings. The van der Waals surface area contributed by atoms with E-state index < -0.39 is 48.5 Å². The molecule has 5 amide bonds. The number of carbonyl (C=O) groups excluding carboxylic acids is 6. The number of benzene rings is 2. The van der Waals surface area contributed by atoms with Crippen LogP contribution in [0.1, 0.15) is 145 Å². The quantitative estimate of drug-likeness (QED) is 0.0825. The molecule has 70 heavy (non-hydrogen) atoms. The van der Waals surface area contributed by atoms with Gasteiger partial charge in [-0.15, -0.1) is 24.8 Å². The van der Waals surface area contributed by atoms with Crippen LogP contribution >= 0.6 is 24.8 Å². The normalized spacial score (nSPS) is 22.1. The van der Waals surface area contributed by atoms with E-state index in [2.05, 4.69) is 56.9 Å². The number of aryl methyl sites for hydroxylation is 2. The number of ether oxygens (including phenoxy) is 2. The molecule has 15 nitrogen and oxygen atoms in total. The van der Waals surface area contributed by atoms with Crippen molar-refractivity contribution in [3.05, 3.63) is 70.8 Å². The maximum atomic E-state index is 14.3. The predicted molar refractivity (Wildman–Crippen MR) is 276 cm³/mol. The lowest BCUT2D eigenvalue weighted by Crippen LogP contribution is -2.59. The minimum absolute atomic E-state index is 0. The highest BCUT2D eigenvalue weighted by atomic mass is 35.5. The summed E-state index contributed by atoms with van der Waals surface area (Å²) >= 11 is 0. The number of nitrogens with zero attached hydrogens (tertiary/aromatic N) is 2. The third-order valence-electron chi connectivity index (χ3n) is 14.9. The second-order valence-electron chi connectivity index (χ2n) is 19.5. The molecule has 6 rings (SSSR count). The van der Waals surface area contributed by atoms with Crippen LogP contribution in [0.4, 0.5) is 0 Å². The van der Waals surface area contributed by atoms with Crippen LogP contribution in [-0.2, 0) is 51.1 Å². The monoisotopic (exact) mass is 1010 g/mol. The van der Waals surface area contributed by atoms with Gasteiger partial charge < -0.3 is 45.9 Å². The molecule has 0 spiro atoms. The van der Waals surface area contributed by atoms with Crippen LogP contribution in [0.5, 0.6) is 0 Å². The van der Waals surface area contributed by atoms with Gasteiger partial charge in [-0.1, -0.05) is 61.4 Å². The molecular formula is C53H81Cl2N7O8. The van der Waals surface area contributed by atoms with E-state index in [-0.39, 0.29) is 72.1 Å². The molecule has 0 radical (unpaired) electrons. The van der Waals surface area contributed by atoms with E-state index in [0.29, 0.717) is 64.8 Å². The van der Waals surface area contributed by atoms with Crippen molar-refractivity contribution in [2.24, 2.45) is 0 Å². The van der Waals surface area contributed by atoms with Crippen molar-refractivity contribution in [3.8, 4) is 0 Å². The van der Waals surface area contributed by atoms with Crippen molar-refractivity contribution in [2.45, 2.75) is 184 Å². The SMILES string of the molecule is CN[C@@H](C)C(=O)N[C@H](C(=O)N1CCCC1C(=O)C[C@@H]1CCCc2ccccc21)[C@@H](C)OCCCCCCO[C@H](C)[C@H](NC(=O)[C@H](C)NC)C(=O)N1CCC[C@H]1C(=O)N[C@@H]1CCCc2ccccc21.Cl.Cl. The number of nitrogens with one attached hydrogen (secondary N) is 5. The smallest absolute Gasteiger partial charge is 0.248 e. The van der Waals surface area contributed by atoms with Gasteiger partial charge in [-0.2, -0.15) is 0 Å². The number of carbonyl (C=O) groups is 6. The number of halogens is 2. The summed E-state index contributed by atoms with van der Waals surface area (Å²) in [7, 11) is 3.37. The highest BCUT2D eigenvalue weighted by Crippen LogP contribution is 2.36. The second kappa shape index (κ2) is 28.8. The third-order valence-corrected chi connectivity index (χ3v) is 14.9. The second-order valence-corrected chi connectivity index (χ2v) is 19.5. The number of amides is 5. The van der Waals surface area contributed by atoms with Crippen molar-refractivity contribution in [1.29, 1.82) is 0 Å². The van der Waals surface area contributed by atoms with E-state index in [1.54, 1.807) is 51.6 Å². The number of likely N-dealkylation sites (N-methyl/N-ethyl adjacent to an activating group) is 2. The lowest BCUT2D eigenvalue weighted by Gasteiger charge is -2.33. The molecule has 390 valence electrons. The number of ketones is 1. The summed E-state index contributed by atoms with van der Waals surface area (Å²) in [5, 5.41) is 15.0. The molecular weight excluding hydrogens is 934 g/mol. The van der Waals surface area contributed by atoms with E-state index in [1.807, 2.05) is 18.2 Å². The number of Topliss-reactive ketones (excluding diaryl/α,β-unsaturated/α-hetero) is 1. The van der Waals surface area contributed by atoms with Gasteiger partial charge in [0.1, 0.15) is 18.1 Å². The zero-order valence-electron chi connectivity index (χ0n) is 42.3. The summed E-state index contributed by atoms with van der Waals surface area (Å²) in [6.07, 6.45) is 10.6. The molecule has 2 aromatic rings. The molecule has 2 heterocycles. The summed E-state index contributed by atoms with van der Waals surface area (Å²) in [4.78, 5) is 85.9. The summed E-state index contributed by atoms with van der Waals surface area (Å²) in [6, 6.07) is 12.3. The van der Waals surface area contributed by atoms with Crippen LogP contribution < -0.4 is 26.6 Å². The van der Waals surface area contributed by atoms with Crippen molar-refractivity contribution in [2.75, 3.05) is 40.4 Å². The Morgan fingerprint density at radius 3 is 1.61 bits per heavy atom. The van der Waals surface area contributed by atoms with Gasteiger partial charge in [-0.25, -0.2) is 0 Å². The van der Waals surface area contributed by atoms with Crippen LogP contribution in [0, 0.1) is 0 Å². The zero-order chi connectivity index (χ0) is 48.7. The van der Waals surface area contributed by atoms with Crippen LogP contribution in [-0.4, -0.2) is 134 Å². The van der Waals surface area contributed by atoms with Crippen LogP contribution in [0.25, 0.3) is 0 Å². The topological polar surface area (TPSA) is 188 Å². The summed E-state index contributed by atoms with van der Waals surface area (Å²) in [5.41, 5.74) is 4.94. The fourth-order valence-corrected chi connectivity index (χ4v) is 10.5. The fourth-order valence-electron chi connectivity index (χ4n) is 10.5. The lowest BCUT2D eigenvalue weighted by atomic mass is 9.79. The van der Waals surface area contributed by atoms with Gasteiger partial charge in [0, 0.05) is 32.7 Å². The molecule has 10 atom stereocenters. The van der Waals surface area contributed by atoms with E-state index in [0.717, 1.165) is 63.4 Å². The number of rotatable bonds is 24. The molecule has 5 N–H and O–H groups in total. The standard InChI is InChI=1S/C53H79N7O8.2ClH/c1-34(54-5)49(62)57-47(52(65)59-29-17-27-44(59)46(61)33-40-23-15-21-38-19-9-11-24-41(38)40)36(3)67-31-13-7-8-14-32-68-37(4)48(58-50(63)35(2)55-6)53(66)60-30-18-28-45(60)51(64)56-43-26-16-22-39-20-10-12-25-42(39)43;;/h9-12,19-20,24-25,34-37,40,43-45,47-48,54-55H,7-8,13-18,21-23,26-33H2,1-6H3,(H,56,64)(H,57,62)(H,58,63);2*1H/t34-,35-,36+,37+,40-,43+,44?,45-,47-,48-;;/m0../s1. The van der Waals surface area contributed by atoms with E-state index in [1.165, 1.54) is 16.7 Å². The first-order chi connectivity index (χ1) is 32.8. The minimum atomic E-state index is -0.979. The molecule has 17 heteroatoms. The molecule has 1 unspecified atom stereocenters. The minimum Gasteiger partial charge on any atom is -0.376 e. The Morgan fingerprint density at radius 2 is 1.07 bits per heavy atom. The van der Waals surface area contributed by atoms with Gasteiger partial charge in [0.2, 0.25) is 29.5 Å². The highest BCUT2D eigenvalue weighted by Gasteiger charge is 2.43. The Hall–Kier alpha value is -4.12. The summed E-state index contributed by atoms with van der Waals surface area (Å²) < 4.78 is 12.5. The zero-order valence-corrected chi connectivity index (χ0v) is 43.9. The maximum Gasteiger partial charge on any atom is 0.248 e. The van der Waals surface area contributed by atoms with Gasteiger partial charge in [-0.05, 0) is 147 Å². The van der Waals surface area contributed by atoms with Crippen molar-refractivity contribution >= 4 is 60.1 Å². The number of hydrogen-bond donors (Lipinski definition) is 5. The Labute approximate surface area is 428 Å². The molecule has 0 aromatic heterocycles. The highest BCUT2D eigenvalue weighted by molar-refractivity contribution is 5.95. The Balaban J connectivity index is 0.00000533. The van der Waals surface area contributed by atoms with Crippen molar-refractivity contribution < 1.29 is 38.2 Å². The molecule has 0 saturated carbocycles. The van der Waals surface area contributed by atoms with Gasteiger partial charge in [-0.3, -0.25) is 28.8 Å². The maximum absolute atomic E-state index is 14.3. The first-order valence-electron chi connectivity index (χ1n) is 25.6. The Morgan fingerprint density at radius 1 is 0.600 bits per heavy atom. The largest absolute Gasteiger partial charge is 0.376 e. The van der Waals surface area contributed by atoms with Crippen LogP contribution in [0.2, 0.25) is 0 Å². The lowest BCUT2D eigenvalue weighted by molar-refractivity contribution is -0.145. The third kappa shape index (κ3) is 15.2. The fraction of sp³-hybridized carbons (Fsp3) is 0.660. The van der Waals surface area contributed by atoms with E-state index >= 15 is 0 Å². The summed E-state index contributed by atoms with van der Waals surface area (Å²) in [6.45, 7) is 8.66.